The number of hydrogen-bond acceptors (Lipinski definition) is 2. The van der Waals surface area contributed by atoms with Gasteiger partial charge < -0.3 is 5.32 Å². The van der Waals surface area contributed by atoms with E-state index in [1.165, 1.54) is 35.1 Å². The second-order valence-electron chi connectivity index (χ2n) is 6.34. The second-order valence-corrected chi connectivity index (χ2v) is 7.13. The van der Waals surface area contributed by atoms with Crippen LogP contribution >= 0.6 is 15.9 Å². The van der Waals surface area contributed by atoms with Crippen LogP contribution < -0.4 is 5.32 Å². The minimum Gasteiger partial charge on any atom is -0.363 e. The zero-order valence-corrected chi connectivity index (χ0v) is 14.8. The van der Waals surface area contributed by atoms with Gasteiger partial charge in [0.1, 0.15) is 5.82 Å². The molecule has 1 unspecified atom stereocenters. The first-order valence-corrected chi connectivity index (χ1v) is 9.61. The third-order valence-corrected chi connectivity index (χ3v) is 5.37. The Kier molecular flexibility index (Phi) is 4.21. The average Bonchev–Trinajstić information content (AvgIpc) is 2.60. The number of alkyl halides is 1. The van der Waals surface area contributed by atoms with Crippen molar-refractivity contribution in [3.8, 4) is 11.1 Å². The summed E-state index contributed by atoms with van der Waals surface area (Å²) in [7, 11) is 0. The highest BCUT2D eigenvalue weighted by Crippen LogP contribution is 2.42. The molecule has 0 spiro atoms. The number of pyridine rings is 1. The number of halogens is 1. The van der Waals surface area contributed by atoms with Crippen LogP contribution in [-0.2, 0) is 6.42 Å². The van der Waals surface area contributed by atoms with Crippen LogP contribution in [0.25, 0.3) is 17.2 Å². The summed E-state index contributed by atoms with van der Waals surface area (Å²) in [4.78, 5) is 4.92. The quantitative estimate of drug-likeness (QED) is 0.549. The number of nitrogens with zero attached hydrogens (tertiary/aromatic N) is 1. The number of anilines is 1. The van der Waals surface area contributed by atoms with E-state index in [9.17, 15) is 0 Å². The molecule has 1 atom stereocenters. The van der Waals surface area contributed by atoms with Crippen molar-refractivity contribution in [1.29, 1.82) is 0 Å². The normalized spacial score (nSPS) is 17.9. The number of aryl methyl sites for hydroxylation is 1. The Bertz CT molecular complexity index is 751. The van der Waals surface area contributed by atoms with Crippen LogP contribution in [0.5, 0.6) is 0 Å². The first-order chi connectivity index (χ1) is 11.4. The second kappa shape index (κ2) is 6.48. The summed E-state index contributed by atoms with van der Waals surface area (Å²) in [6.07, 6.45) is 10.2. The number of fused-ring (bicyclic) bond motifs is 4. The lowest BCUT2D eigenvalue weighted by atomic mass is 9.87. The Morgan fingerprint density at radius 1 is 1.17 bits per heavy atom. The lowest BCUT2D eigenvalue weighted by Crippen LogP contribution is -2.19. The average molecular weight is 369 g/mol. The van der Waals surface area contributed by atoms with Gasteiger partial charge in [-0.15, -0.1) is 0 Å². The van der Waals surface area contributed by atoms with Crippen molar-refractivity contribution < 1.29 is 0 Å². The van der Waals surface area contributed by atoms with Gasteiger partial charge in [0.2, 0.25) is 0 Å². The lowest BCUT2D eigenvalue weighted by Gasteiger charge is -2.30. The van der Waals surface area contributed by atoms with Crippen LogP contribution in [-0.4, -0.2) is 10.3 Å². The molecule has 1 aliphatic heterocycles. The van der Waals surface area contributed by atoms with Crippen molar-refractivity contribution in [1.82, 2.24) is 4.98 Å². The monoisotopic (exact) mass is 368 g/mol. The molecule has 118 valence electrons. The van der Waals surface area contributed by atoms with Gasteiger partial charge in [0.05, 0.1) is 11.7 Å². The maximum atomic E-state index is 4.92. The van der Waals surface area contributed by atoms with Gasteiger partial charge in [0.25, 0.3) is 0 Å². The van der Waals surface area contributed by atoms with Crippen molar-refractivity contribution in [2.24, 2.45) is 0 Å². The van der Waals surface area contributed by atoms with Crippen LogP contribution in [0.1, 0.15) is 48.5 Å². The molecule has 3 heteroatoms. The Morgan fingerprint density at radius 2 is 2.09 bits per heavy atom. The zero-order chi connectivity index (χ0) is 15.6. The van der Waals surface area contributed by atoms with Gasteiger partial charge in [-0.05, 0) is 54.5 Å². The van der Waals surface area contributed by atoms with E-state index in [0.29, 0.717) is 6.04 Å². The van der Waals surface area contributed by atoms with Gasteiger partial charge in [-0.1, -0.05) is 52.7 Å². The minimum absolute atomic E-state index is 0.371. The molecule has 0 radical (unpaired) electrons. The molecule has 0 fully saturated rings. The number of nitrogens with one attached hydrogen (secondary N) is 1. The molecule has 2 aromatic rings. The van der Waals surface area contributed by atoms with Gasteiger partial charge >= 0.3 is 0 Å². The van der Waals surface area contributed by atoms with Crippen LogP contribution in [0.2, 0.25) is 0 Å². The van der Waals surface area contributed by atoms with Crippen LogP contribution in [0.4, 0.5) is 5.82 Å². The van der Waals surface area contributed by atoms with E-state index in [2.05, 4.69) is 63.7 Å². The topological polar surface area (TPSA) is 24.9 Å². The van der Waals surface area contributed by atoms with Crippen molar-refractivity contribution in [2.45, 2.75) is 38.1 Å². The predicted octanol–water partition coefficient (Wildman–Crippen LogP) is 5.74. The van der Waals surface area contributed by atoms with E-state index in [1.807, 2.05) is 0 Å². The Balaban J connectivity index is 1.75. The molecular weight excluding hydrogens is 348 g/mol. The smallest absolute Gasteiger partial charge is 0.135 e. The van der Waals surface area contributed by atoms with Crippen molar-refractivity contribution in [2.75, 3.05) is 10.6 Å². The highest BCUT2D eigenvalue weighted by Gasteiger charge is 2.25. The number of allylic oxidation sites excluding steroid dienone is 1. The standard InChI is InChI=1S/C20H21BrN2/c21-12-6-5-11-19-16-9-3-2-8-15(16)17-13-14-7-1-4-10-18(14)22-20(17)23-19/h2-4,8-10,13,19H,1,5-7,11-12H2,(H,22,23). The molecule has 0 saturated heterocycles. The molecule has 0 saturated carbocycles. The summed E-state index contributed by atoms with van der Waals surface area (Å²) in [6, 6.07) is 11.5. The van der Waals surface area contributed by atoms with E-state index >= 15 is 0 Å². The Hall–Kier alpha value is -1.61. The third-order valence-electron chi connectivity index (χ3n) is 4.80. The first kappa shape index (κ1) is 14.9. The summed E-state index contributed by atoms with van der Waals surface area (Å²) in [5.41, 5.74) is 6.56. The van der Waals surface area contributed by atoms with Gasteiger partial charge in [-0.25, -0.2) is 4.98 Å². The fourth-order valence-corrected chi connectivity index (χ4v) is 4.02. The third kappa shape index (κ3) is 2.83. The SMILES string of the molecule is BrCCCCC1Nc2nc3c(cc2-c2ccccc21)CCC=C3. The van der Waals surface area contributed by atoms with Crippen LogP contribution in [0, 0.1) is 0 Å². The number of benzene rings is 1. The Labute approximate surface area is 146 Å². The largest absolute Gasteiger partial charge is 0.363 e. The summed E-state index contributed by atoms with van der Waals surface area (Å²) in [6.45, 7) is 0. The molecule has 2 heterocycles. The fourth-order valence-electron chi connectivity index (χ4n) is 3.62. The van der Waals surface area contributed by atoms with Crippen molar-refractivity contribution >= 4 is 27.8 Å². The Morgan fingerprint density at radius 3 is 3.00 bits per heavy atom. The first-order valence-electron chi connectivity index (χ1n) is 8.49. The number of hydrogen-bond donors (Lipinski definition) is 1. The van der Waals surface area contributed by atoms with Crippen molar-refractivity contribution in [3.05, 3.63) is 53.2 Å². The maximum absolute atomic E-state index is 4.92. The minimum atomic E-state index is 0.371. The molecule has 0 amide bonds. The molecule has 1 aromatic carbocycles. The van der Waals surface area contributed by atoms with Crippen molar-refractivity contribution in [3.63, 3.8) is 0 Å². The van der Waals surface area contributed by atoms with Gasteiger partial charge in [0, 0.05) is 10.9 Å². The molecule has 1 aromatic heterocycles. The summed E-state index contributed by atoms with van der Waals surface area (Å²) >= 11 is 3.53. The summed E-state index contributed by atoms with van der Waals surface area (Å²) in [5, 5.41) is 4.78. The highest BCUT2D eigenvalue weighted by molar-refractivity contribution is 9.09. The van der Waals surface area contributed by atoms with Gasteiger partial charge in [0.15, 0.2) is 0 Å². The van der Waals surface area contributed by atoms with E-state index in [1.54, 1.807) is 0 Å². The lowest BCUT2D eigenvalue weighted by molar-refractivity contribution is 0.633. The number of unbranched alkanes of at least 4 members (excludes halogenated alkanes) is 1. The summed E-state index contributed by atoms with van der Waals surface area (Å²) < 4.78 is 0. The van der Waals surface area contributed by atoms with Crippen LogP contribution in [0.3, 0.4) is 0 Å². The molecule has 1 aliphatic carbocycles. The molecule has 4 rings (SSSR count). The molecule has 23 heavy (non-hydrogen) atoms. The molecule has 1 N–H and O–H groups in total. The van der Waals surface area contributed by atoms with E-state index in [0.717, 1.165) is 36.1 Å². The molecule has 0 bridgehead atoms. The van der Waals surface area contributed by atoms with Gasteiger partial charge in [-0.3, -0.25) is 0 Å². The molecule has 2 nitrogen and oxygen atoms in total. The van der Waals surface area contributed by atoms with E-state index < -0.39 is 0 Å². The zero-order valence-electron chi connectivity index (χ0n) is 13.2. The summed E-state index contributed by atoms with van der Waals surface area (Å²) in [5.74, 6) is 1.05. The molecular formula is C20H21BrN2. The number of aromatic nitrogens is 1. The maximum Gasteiger partial charge on any atom is 0.135 e. The predicted molar refractivity (Wildman–Crippen MR) is 101 cm³/mol. The highest BCUT2D eigenvalue weighted by atomic mass is 79.9. The fraction of sp³-hybridized carbons (Fsp3) is 0.350. The van der Waals surface area contributed by atoms with E-state index in [4.69, 9.17) is 4.98 Å². The van der Waals surface area contributed by atoms with Crippen LogP contribution in [0.15, 0.2) is 36.4 Å². The molecule has 2 aliphatic rings. The number of rotatable bonds is 4. The van der Waals surface area contributed by atoms with Gasteiger partial charge in [-0.2, -0.15) is 0 Å². The van der Waals surface area contributed by atoms with E-state index in [-0.39, 0.29) is 0 Å².